The van der Waals surface area contributed by atoms with Gasteiger partial charge in [-0.15, -0.1) is 0 Å². The second kappa shape index (κ2) is 11.2. The fourth-order valence-corrected chi connectivity index (χ4v) is 3.05. The minimum atomic E-state index is -4.38. The lowest BCUT2D eigenvalue weighted by atomic mass is 9.84. The van der Waals surface area contributed by atoms with Gasteiger partial charge in [-0.05, 0) is 38.3 Å². The van der Waals surface area contributed by atoms with E-state index in [9.17, 15) is 18.3 Å². The Morgan fingerprint density at radius 2 is 2.14 bits per heavy atom. The maximum absolute atomic E-state index is 12.5. The molecular weight excluding hydrogens is 387 g/mol. The average Bonchev–Trinajstić information content (AvgIpc) is 3.14. The van der Waals surface area contributed by atoms with Gasteiger partial charge in [-0.3, -0.25) is 4.99 Å². The maximum atomic E-state index is 12.5. The first-order valence-corrected chi connectivity index (χ1v) is 9.86. The number of alkyl halides is 3. The van der Waals surface area contributed by atoms with Crippen LogP contribution in [0.15, 0.2) is 23.3 Å². The van der Waals surface area contributed by atoms with Gasteiger partial charge >= 0.3 is 6.18 Å². The van der Waals surface area contributed by atoms with Crippen LogP contribution in [0.4, 0.5) is 19.0 Å². The van der Waals surface area contributed by atoms with E-state index in [1.54, 1.807) is 0 Å². The summed E-state index contributed by atoms with van der Waals surface area (Å²) in [4.78, 5) is 8.42. The highest BCUT2D eigenvalue weighted by Gasteiger charge is 2.34. The van der Waals surface area contributed by atoms with Crippen molar-refractivity contribution in [1.82, 2.24) is 15.6 Å². The van der Waals surface area contributed by atoms with Crippen LogP contribution in [0, 0.1) is 5.41 Å². The van der Waals surface area contributed by atoms with Gasteiger partial charge < -0.3 is 25.8 Å². The molecule has 2 heterocycles. The summed E-state index contributed by atoms with van der Waals surface area (Å²) < 4.78 is 43.1. The van der Waals surface area contributed by atoms with Crippen LogP contribution < -0.4 is 16.0 Å². The quantitative estimate of drug-likeness (QED) is 0.265. The van der Waals surface area contributed by atoms with Gasteiger partial charge in [0.25, 0.3) is 0 Å². The van der Waals surface area contributed by atoms with E-state index in [0.29, 0.717) is 51.0 Å². The number of aliphatic imine (C=N–C) groups is 1. The average molecular weight is 417 g/mol. The van der Waals surface area contributed by atoms with Gasteiger partial charge in [-0.2, -0.15) is 13.2 Å². The Balaban J connectivity index is 1.74. The van der Waals surface area contributed by atoms with E-state index in [2.05, 4.69) is 25.9 Å². The van der Waals surface area contributed by atoms with Crippen LogP contribution in [-0.4, -0.2) is 62.0 Å². The number of nitrogens with zero attached hydrogens (tertiary/aromatic N) is 2. The molecule has 29 heavy (non-hydrogen) atoms. The molecule has 1 unspecified atom stereocenters. The minimum absolute atomic E-state index is 0.104. The fourth-order valence-electron chi connectivity index (χ4n) is 3.05. The molecule has 1 atom stereocenters. The van der Waals surface area contributed by atoms with Crippen molar-refractivity contribution in [1.29, 1.82) is 0 Å². The molecule has 0 bridgehead atoms. The molecule has 1 fully saturated rings. The van der Waals surface area contributed by atoms with E-state index >= 15 is 0 Å². The topological polar surface area (TPSA) is 90.8 Å². The normalized spacial score (nSPS) is 20.0. The van der Waals surface area contributed by atoms with Gasteiger partial charge in [-0.1, -0.05) is 0 Å². The Morgan fingerprint density at radius 1 is 1.31 bits per heavy atom. The third-order valence-corrected chi connectivity index (χ3v) is 4.79. The number of halogens is 3. The number of ether oxygens (including phenoxy) is 1. The number of nitrogens with one attached hydrogen (secondary N) is 3. The number of aromatic nitrogens is 1. The van der Waals surface area contributed by atoms with Crippen molar-refractivity contribution in [3.63, 3.8) is 0 Å². The molecular formula is C19H30F3N5O2. The molecule has 1 aromatic rings. The Labute approximate surface area is 169 Å². The first kappa shape index (κ1) is 23.2. The van der Waals surface area contributed by atoms with Gasteiger partial charge in [0, 0.05) is 44.5 Å². The first-order chi connectivity index (χ1) is 13.9. The molecule has 0 amide bonds. The molecule has 0 saturated carbocycles. The van der Waals surface area contributed by atoms with Crippen LogP contribution in [-0.2, 0) is 10.9 Å². The molecule has 7 nitrogen and oxygen atoms in total. The standard InChI is InChI=1S/C19H30F3N5O2/c1-2-23-17(27-13-18(6-10-28)7-11-29-14-18)25-9-3-8-24-16-5-4-15(12-26-16)19(20,21)22/h4-5,12,28H,2-3,6-11,13-14H2,1H3,(H,24,26)(H2,23,25,27). The summed E-state index contributed by atoms with van der Waals surface area (Å²) >= 11 is 0. The lowest BCUT2D eigenvalue weighted by Crippen LogP contribution is -2.39. The van der Waals surface area contributed by atoms with Crippen LogP contribution in [0.5, 0.6) is 0 Å². The van der Waals surface area contributed by atoms with E-state index in [1.807, 2.05) is 6.92 Å². The Hall–Kier alpha value is -2.07. The number of rotatable bonds is 10. The molecule has 2 rings (SSSR count). The summed E-state index contributed by atoms with van der Waals surface area (Å²) in [6.07, 6.45) is -1.26. The number of pyridine rings is 1. The number of aliphatic hydroxyl groups excluding tert-OH is 1. The lowest BCUT2D eigenvalue weighted by Gasteiger charge is -2.24. The van der Waals surface area contributed by atoms with E-state index in [0.717, 1.165) is 31.6 Å². The molecule has 1 aliphatic rings. The Kier molecular flexibility index (Phi) is 8.97. The molecule has 10 heteroatoms. The van der Waals surface area contributed by atoms with E-state index in [1.165, 1.54) is 6.07 Å². The van der Waals surface area contributed by atoms with Crippen LogP contribution >= 0.6 is 0 Å². The first-order valence-electron chi connectivity index (χ1n) is 9.86. The Morgan fingerprint density at radius 3 is 2.72 bits per heavy atom. The van der Waals surface area contributed by atoms with Crippen molar-refractivity contribution in [2.75, 3.05) is 51.3 Å². The molecule has 0 radical (unpaired) electrons. The molecule has 0 spiro atoms. The van der Waals surface area contributed by atoms with Gasteiger partial charge in [-0.25, -0.2) is 4.98 Å². The largest absolute Gasteiger partial charge is 0.417 e. The number of aliphatic hydroxyl groups is 1. The maximum Gasteiger partial charge on any atom is 0.417 e. The summed E-state index contributed by atoms with van der Waals surface area (Å²) in [5.41, 5.74) is -0.866. The number of anilines is 1. The highest BCUT2D eigenvalue weighted by molar-refractivity contribution is 5.79. The highest BCUT2D eigenvalue weighted by Crippen LogP contribution is 2.32. The zero-order valence-corrected chi connectivity index (χ0v) is 16.7. The predicted octanol–water partition coefficient (Wildman–Crippen LogP) is 2.25. The third kappa shape index (κ3) is 7.69. The van der Waals surface area contributed by atoms with E-state index in [-0.39, 0.29) is 12.0 Å². The molecule has 4 N–H and O–H groups in total. The smallest absolute Gasteiger partial charge is 0.396 e. The summed E-state index contributed by atoms with van der Waals surface area (Å²) in [6.45, 7) is 5.92. The van der Waals surface area contributed by atoms with Crippen molar-refractivity contribution >= 4 is 11.8 Å². The molecule has 0 aliphatic carbocycles. The number of hydrogen-bond donors (Lipinski definition) is 4. The summed E-state index contributed by atoms with van der Waals surface area (Å²) in [5.74, 6) is 1.11. The summed E-state index contributed by atoms with van der Waals surface area (Å²) in [5, 5.41) is 18.7. The molecule has 0 aromatic carbocycles. The molecule has 1 saturated heterocycles. The van der Waals surface area contributed by atoms with Crippen molar-refractivity contribution in [2.45, 2.75) is 32.4 Å². The van der Waals surface area contributed by atoms with Crippen molar-refractivity contribution in [3.05, 3.63) is 23.9 Å². The third-order valence-electron chi connectivity index (χ3n) is 4.79. The summed E-state index contributed by atoms with van der Waals surface area (Å²) in [6, 6.07) is 2.34. The van der Waals surface area contributed by atoms with Crippen molar-refractivity contribution < 1.29 is 23.0 Å². The number of hydrogen-bond acceptors (Lipinski definition) is 5. The van der Waals surface area contributed by atoms with Gasteiger partial charge in [0.1, 0.15) is 5.82 Å². The van der Waals surface area contributed by atoms with Gasteiger partial charge in [0.2, 0.25) is 0 Å². The van der Waals surface area contributed by atoms with Crippen molar-refractivity contribution in [3.8, 4) is 0 Å². The predicted molar refractivity (Wildman–Crippen MR) is 106 cm³/mol. The monoisotopic (exact) mass is 417 g/mol. The second-order valence-corrected chi connectivity index (χ2v) is 7.11. The zero-order valence-electron chi connectivity index (χ0n) is 16.7. The second-order valence-electron chi connectivity index (χ2n) is 7.11. The van der Waals surface area contributed by atoms with Crippen LogP contribution in [0.3, 0.4) is 0 Å². The minimum Gasteiger partial charge on any atom is -0.396 e. The van der Waals surface area contributed by atoms with Crippen LogP contribution in [0.25, 0.3) is 0 Å². The molecule has 1 aliphatic heterocycles. The van der Waals surface area contributed by atoms with Crippen LogP contribution in [0.2, 0.25) is 0 Å². The van der Waals surface area contributed by atoms with Gasteiger partial charge in [0.15, 0.2) is 5.96 Å². The van der Waals surface area contributed by atoms with Gasteiger partial charge in [0.05, 0.1) is 18.7 Å². The molecule has 164 valence electrons. The highest BCUT2D eigenvalue weighted by atomic mass is 19.4. The number of guanidine groups is 1. The fraction of sp³-hybridized carbons (Fsp3) is 0.684. The molecule has 1 aromatic heterocycles. The zero-order chi connectivity index (χ0) is 21.2. The van der Waals surface area contributed by atoms with E-state index in [4.69, 9.17) is 4.74 Å². The SMILES string of the molecule is CCNC(=NCC1(CCO)CCOC1)NCCCNc1ccc(C(F)(F)F)cn1. The van der Waals surface area contributed by atoms with Crippen LogP contribution in [0.1, 0.15) is 31.7 Å². The summed E-state index contributed by atoms with van der Waals surface area (Å²) in [7, 11) is 0. The van der Waals surface area contributed by atoms with E-state index < -0.39 is 11.7 Å². The van der Waals surface area contributed by atoms with Crippen molar-refractivity contribution in [2.24, 2.45) is 10.4 Å². The Bertz CT molecular complexity index is 632. The lowest BCUT2D eigenvalue weighted by molar-refractivity contribution is -0.137.